The topological polar surface area (TPSA) is 15.3 Å². The zero-order valence-electron chi connectivity index (χ0n) is 12.0. The average Bonchev–Trinajstić information content (AvgIpc) is 2.41. The lowest BCUT2D eigenvalue weighted by Gasteiger charge is -2.16. The number of nitrogens with zero attached hydrogens (tertiary/aromatic N) is 1. The van der Waals surface area contributed by atoms with Crippen molar-refractivity contribution in [2.45, 2.75) is 32.1 Å². The fourth-order valence-electron chi connectivity index (χ4n) is 2.11. The number of hydrogen-bond donors (Lipinski definition) is 1. The summed E-state index contributed by atoms with van der Waals surface area (Å²) >= 11 is 0. The van der Waals surface area contributed by atoms with Gasteiger partial charge in [-0.2, -0.15) is 0 Å². The van der Waals surface area contributed by atoms with Crippen molar-refractivity contribution in [2.75, 3.05) is 33.7 Å². The standard InChI is InChI=1S/C16H28N2/c1-17-13-8-3-4-9-14-18(2)15-12-16-10-6-5-7-11-16/h5-7,10-11,17H,3-4,8-9,12-15H2,1-2H3. The van der Waals surface area contributed by atoms with Gasteiger partial charge in [0.2, 0.25) is 0 Å². The Kier molecular flexibility index (Phi) is 8.53. The Morgan fingerprint density at radius 2 is 1.67 bits per heavy atom. The summed E-state index contributed by atoms with van der Waals surface area (Å²) in [4.78, 5) is 2.45. The van der Waals surface area contributed by atoms with Gasteiger partial charge in [-0.15, -0.1) is 0 Å². The summed E-state index contributed by atoms with van der Waals surface area (Å²) in [6.45, 7) is 3.55. The molecule has 0 bridgehead atoms. The van der Waals surface area contributed by atoms with Crippen LogP contribution in [0.4, 0.5) is 0 Å². The molecule has 0 aromatic heterocycles. The van der Waals surface area contributed by atoms with Crippen LogP contribution >= 0.6 is 0 Å². The Morgan fingerprint density at radius 1 is 0.944 bits per heavy atom. The number of nitrogens with one attached hydrogen (secondary N) is 1. The van der Waals surface area contributed by atoms with Crippen molar-refractivity contribution in [3.8, 4) is 0 Å². The van der Waals surface area contributed by atoms with E-state index in [-0.39, 0.29) is 0 Å². The van der Waals surface area contributed by atoms with E-state index in [1.807, 2.05) is 7.05 Å². The van der Waals surface area contributed by atoms with Gasteiger partial charge in [0.25, 0.3) is 0 Å². The number of benzene rings is 1. The predicted molar refractivity (Wildman–Crippen MR) is 80.0 cm³/mol. The van der Waals surface area contributed by atoms with E-state index in [4.69, 9.17) is 0 Å². The highest BCUT2D eigenvalue weighted by molar-refractivity contribution is 5.14. The first-order chi connectivity index (χ1) is 8.83. The molecule has 0 radical (unpaired) electrons. The van der Waals surface area contributed by atoms with E-state index >= 15 is 0 Å². The first kappa shape index (κ1) is 15.2. The van der Waals surface area contributed by atoms with Gasteiger partial charge >= 0.3 is 0 Å². The number of rotatable bonds is 10. The lowest BCUT2D eigenvalue weighted by Crippen LogP contribution is -2.22. The van der Waals surface area contributed by atoms with Crippen molar-refractivity contribution >= 4 is 0 Å². The Bertz CT molecular complexity index is 284. The molecule has 0 heterocycles. The van der Waals surface area contributed by atoms with Crippen LogP contribution in [0.15, 0.2) is 30.3 Å². The summed E-state index contributed by atoms with van der Waals surface area (Å²) in [6, 6.07) is 10.8. The normalized spacial score (nSPS) is 11.1. The first-order valence-corrected chi connectivity index (χ1v) is 7.20. The molecule has 0 amide bonds. The van der Waals surface area contributed by atoms with Crippen LogP contribution in [0.3, 0.4) is 0 Å². The van der Waals surface area contributed by atoms with Gasteiger partial charge in [0.1, 0.15) is 0 Å². The quantitative estimate of drug-likeness (QED) is 0.640. The maximum absolute atomic E-state index is 3.20. The van der Waals surface area contributed by atoms with Gasteiger partial charge in [0.15, 0.2) is 0 Å². The minimum atomic E-state index is 1.16. The molecule has 0 spiro atoms. The average molecular weight is 248 g/mol. The van der Waals surface area contributed by atoms with Crippen molar-refractivity contribution in [1.29, 1.82) is 0 Å². The third kappa shape index (κ3) is 7.46. The van der Waals surface area contributed by atoms with Crippen LogP contribution in [-0.4, -0.2) is 38.6 Å². The molecule has 1 aromatic rings. The molecule has 0 fully saturated rings. The van der Waals surface area contributed by atoms with Crippen molar-refractivity contribution in [1.82, 2.24) is 10.2 Å². The molecule has 2 nitrogen and oxygen atoms in total. The van der Waals surface area contributed by atoms with Gasteiger partial charge in [0, 0.05) is 6.54 Å². The molecule has 18 heavy (non-hydrogen) atoms. The zero-order chi connectivity index (χ0) is 13.1. The van der Waals surface area contributed by atoms with Crippen molar-refractivity contribution in [3.05, 3.63) is 35.9 Å². The summed E-state index contributed by atoms with van der Waals surface area (Å²) in [7, 11) is 4.26. The molecule has 0 unspecified atom stereocenters. The summed E-state index contributed by atoms with van der Waals surface area (Å²) in [5, 5.41) is 3.20. The fourth-order valence-corrected chi connectivity index (χ4v) is 2.11. The minimum absolute atomic E-state index is 1.16. The molecule has 0 saturated heterocycles. The Hall–Kier alpha value is -0.860. The lowest BCUT2D eigenvalue weighted by molar-refractivity contribution is 0.328. The highest BCUT2D eigenvalue weighted by Crippen LogP contribution is 2.03. The van der Waals surface area contributed by atoms with E-state index in [0.29, 0.717) is 0 Å². The van der Waals surface area contributed by atoms with E-state index in [0.717, 1.165) is 13.0 Å². The Labute approximate surface area is 112 Å². The van der Waals surface area contributed by atoms with E-state index in [1.54, 1.807) is 0 Å². The van der Waals surface area contributed by atoms with Crippen LogP contribution < -0.4 is 5.32 Å². The summed E-state index contributed by atoms with van der Waals surface area (Å²) in [5.74, 6) is 0. The van der Waals surface area contributed by atoms with Crippen LogP contribution in [0.5, 0.6) is 0 Å². The third-order valence-corrected chi connectivity index (χ3v) is 3.34. The van der Waals surface area contributed by atoms with Crippen LogP contribution in [0.1, 0.15) is 31.2 Å². The van der Waals surface area contributed by atoms with Crippen molar-refractivity contribution in [3.63, 3.8) is 0 Å². The maximum atomic E-state index is 3.20. The van der Waals surface area contributed by atoms with Gasteiger partial charge in [-0.25, -0.2) is 0 Å². The zero-order valence-corrected chi connectivity index (χ0v) is 12.0. The molecule has 1 N–H and O–H groups in total. The van der Waals surface area contributed by atoms with Crippen LogP contribution in [0.25, 0.3) is 0 Å². The Balaban J connectivity index is 1.99. The molecule has 102 valence electrons. The second-order valence-electron chi connectivity index (χ2n) is 5.06. The molecule has 0 saturated carbocycles. The maximum Gasteiger partial charge on any atom is 0.00188 e. The molecule has 0 aliphatic carbocycles. The largest absolute Gasteiger partial charge is 0.320 e. The lowest BCUT2D eigenvalue weighted by atomic mass is 10.1. The van der Waals surface area contributed by atoms with E-state index in [9.17, 15) is 0 Å². The highest BCUT2D eigenvalue weighted by Gasteiger charge is 1.99. The molecule has 0 atom stereocenters. The van der Waals surface area contributed by atoms with Crippen LogP contribution in [-0.2, 0) is 6.42 Å². The minimum Gasteiger partial charge on any atom is -0.320 e. The molecule has 1 rings (SSSR count). The molecular weight excluding hydrogens is 220 g/mol. The van der Waals surface area contributed by atoms with Gasteiger partial charge in [-0.1, -0.05) is 43.2 Å². The highest BCUT2D eigenvalue weighted by atomic mass is 15.1. The van der Waals surface area contributed by atoms with Crippen molar-refractivity contribution < 1.29 is 0 Å². The molecule has 1 aromatic carbocycles. The van der Waals surface area contributed by atoms with E-state index in [1.165, 1.54) is 44.3 Å². The monoisotopic (exact) mass is 248 g/mol. The van der Waals surface area contributed by atoms with Crippen LogP contribution in [0, 0.1) is 0 Å². The molecule has 0 aliphatic heterocycles. The number of unbranched alkanes of at least 4 members (excludes halogenated alkanes) is 3. The van der Waals surface area contributed by atoms with E-state index < -0.39 is 0 Å². The Morgan fingerprint density at radius 3 is 2.39 bits per heavy atom. The second kappa shape index (κ2) is 10.1. The van der Waals surface area contributed by atoms with Gasteiger partial charge in [0.05, 0.1) is 0 Å². The molecule has 2 heteroatoms. The summed E-state index contributed by atoms with van der Waals surface area (Å²) in [6.07, 6.45) is 6.51. The summed E-state index contributed by atoms with van der Waals surface area (Å²) in [5.41, 5.74) is 1.44. The smallest absolute Gasteiger partial charge is 0.00188 e. The van der Waals surface area contributed by atoms with E-state index in [2.05, 4.69) is 47.6 Å². The number of hydrogen-bond acceptors (Lipinski definition) is 2. The first-order valence-electron chi connectivity index (χ1n) is 7.20. The molecular formula is C16H28N2. The fraction of sp³-hybridized carbons (Fsp3) is 0.625. The van der Waals surface area contributed by atoms with Gasteiger partial charge in [-0.3, -0.25) is 0 Å². The van der Waals surface area contributed by atoms with Crippen molar-refractivity contribution in [2.24, 2.45) is 0 Å². The van der Waals surface area contributed by atoms with Gasteiger partial charge < -0.3 is 10.2 Å². The molecule has 0 aliphatic rings. The number of likely N-dealkylation sites (N-methyl/N-ethyl adjacent to an activating group) is 1. The van der Waals surface area contributed by atoms with Crippen LogP contribution in [0.2, 0.25) is 0 Å². The van der Waals surface area contributed by atoms with Gasteiger partial charge in [-0.05, 0) is 52.0 Å². The second-order valence-corrected chi connectivity index (χ2v) is 5.06. The SMILES string of the molecule is CNCCCCCCN(C)CCc1ccccc1. The third-order valence-electron chi connectivity index (χ3n) is 3.34. The predicted octanol–water partition coefficient (Wildman–Crippen LogP) is 2.94. The summed E-state index contributed by atoms with van der Waals surface area (Å²) < 4.78 is 0.